The summed E-state index contributed by atoms with van der Waals surface area (Å²) in [5.74, 6) is 0. The van der Waals surface area contributed by atoms with Crippen LogP contribution in [0, 0.1) is 0 Å². The molecule has 1 aliphatic rings. The zero-order chi connectivity index (χ0) is 13.9. The summed E-state index contributed by atoms with van der Waals surface area (Å²) in [5.41, 5.74) is 4.31. The first kappa shape index (κ1) is 15.9. The van der Waals surface area contributed by atoms with E-state index in [1.54, 1.807) is 0 Å². The number of hydroxylamine groups is 1. The lowest BCUT2D eigenvalue weighted by Crippen LogP contribution is -2.46. The van der Waals surface area contributed by atoms with Gasteiger partial charge in [0.25, 0.3) is 0 Å². The second-order valence-corrected chi connectivity index (χ2v) is 4.42. The molecule has 0 bridgehead atoms. The van der Waals surface area contributed by atoms with E-state index in [1.165, 1.54) is 5.56 Å². The second-order valence-electron chi connectivity index (χ2n) is 4.42. The summed E-state index contributed by atoms with van der Waals surface area (Å²) < 4.78 is 0. The van der Waals surface area contributed by atoms with Crippen molar-refractivity contribution in [3.63, 3.8) is 0 Å². The molecule has 19 heavy (non-hydrogen) atoms. The first-order valence-electron chi connectivity index (χ1n) is 7.15. The number of rotatable bonds is 5. The highest BCUT2D eigenvalue weighted by molar-refractivity contribution is 5.13. The van der Waals surface area contributed by atoms with Crippen molar-refractivity contribution in [2.75, 3.05) is 6.54 Å². The summed E-state index contributed by atoms with van der Waals surface area (Å²) in [5, 5.41) is 3.41. The van der Waals surface area contributed by atoms with Crippen LogP contribution < -0.4 is 10.8 Å². The summed E-state index contributed by atoms with van der Waals surface area (Å²) in [7, 11) is 0. The van der Waals surface area contributed by atoms with Crippen molar-refractivity contribution in [1.29, 1.82) is 0 Å². The lowest BCUT2D eigenvalue weighted by Gasteiger charge is -2.28. The maximum atomic E-state index is 5.51. The lowest BCUT2D eigenvalue weighted by atomic mass is 10.0. The summed E-state index contributed by atoms with van der Waals surface area (Å²) in [6.07, 6.45) is 4.22. The summed E-state index contributed by atoms with van der Waals surface area (Å²) in [4.78, 5) is 5.51. The van der Waals surface area contributed by atoms with Crippen LogP contribution in [0.3, 0.4) is 0 Å². The van der Waals surface area contributed by atoms with Crippen molar-refractivity contribution in [3.05, 3.63) is 48.6 Å². The van der Waals surface area contributed by atoms with Crippen LogP contribution in [0.1, 0.15) is 32.3 Å². The molecule has 1 fully saturated rings. The first-order valence-corrected chi connectivity index (χ1v) is 7.15. The van der Waals surface area contributed by atoms with E-state index < -0.39 is 0 Å². The van der Waals surface area contributed by atoms with E-state index >= 15 is 0 Å². The van der Waals surface area contributed by atoms with Crippen molar-refractivity contribution in [3.8, 4) is 0 Å². The molecule has 2 N–H and O–H groups in total. The molecule has 1 saturated heterocycles. The third-order valence-corrected chi connectivity index (χ3v) is 3.07. The van der Waals surface area contributed by atoms with Gasteiger partial charge in [-0.3, -0.25) is 4.84 Å². The largest absolute Gasteiger partial charge is 0.309 e. The monoisotopic (exact) mass is 262 g/mol. The Kier molecular flexibility index (Phi) is 8.14. The van der Waals surface area contributed by atoms with Crippen molar-refractivity contribution in [2.24, 2.45) is 0 Å². The number of hydrogen-bond acceptors (Lipinski definition) is 3. The molecule has 1 aromatic carbocycles. The number of hydrogen-bond donors (Lipinski definition) is 2. The highest BCUT2D eigenvalue weighted by Crippen LogP contribution is 2.09. The van der Waals surface area contributed by atoms with Gasteiger partial charge in [0, 0.05) is 18.6 Å². The van der Waals surface area contributed by atoms with Crippen LogP contribution in [0.25, 0.3) is 0 Å². The van der Waals surface area contributed by atoms with E-state index in [2.05, 4.69) is 29.5 Å². The molecule has 0 spiro atoms. The minimum absolute atomic E-state index is 0.398. The van der Waals surface area contributed by atoms with Gasteiger partial charge in [-0.15, -0.1) is 6.58 Å². The Morgan fingerprint density at radius 3 is 2.63 bits per heavy atom. The summed E-state index contributed by atoms with van der Waals surface area (Å²) in [6, 6.07) is 11.0. The van der Waals surface area contributed by atoms with Crippen molar-refractivity contribution < 1.29 is 4.84 Å². The molecule has 0 amide bonds. The fraction of sp³-hybridized carbons (Fsp3) is 0.500. The first-order chi connectivity index (χ1) is 9.38. The average molecular weight is 262 g/mol. The van der Waals surface area contributed by atoms with Gasteiger partial charge in [-0.05, 0) is 18.4 Å². The Hall–Kier alpha value is -1.16. The Labute approximate surface area is 117 Å². The van der Waals surface area contributed by atoms with Crippen molar-refractivity contribution in [1.82, 2.24) is 10.8 Å². The van der Waals surface area contributed by atoms with E-state index in [1.807, 2.05) is 38.1 Å². The smallest absolute Gasteiger partial charge is 0.0933 e. The topological polar surface area (TPSA) is 33.3 Å². The van der Waals surface area contributed by atoms with Gasteiger partial charge in [0.05, 0.1) is 6.61 Å². The van der Waals surface area contributed by atoms with Crippen molar-refractivity contribution in [2.45, 2.75) is 45.4 Å². The average Bonchev–Trinajstić information content (AvgIpc) is 2.51. The van der Waals surface area contributed by atoms with Crippen LogP contribution in [-0.4, -0.2) is 18.6 Å². The molecule has 0 aliphatic carbocycles. The molecule has 0 aromatic heterocycles. The third-order valence-electron chi connectivity index (χ3n) is 3.07. The van der Waals surface area contributed by atoms with Gasteiger partial charge in [0.1, 0.15) is 0 Å². The van der Waals surface area contributed by atoms with Gasteiger partial charge >= 0.3 is 0 Å². The van der Waals surface area contributed by atoms with E-state index in [0.717, 1.165) is 19.4 Å². The van der Waals surface area contributed by atoms with Gasteiger partial charge in [0.2, 0.25) is 0 Å². The fourth-order valence-corrected chi connectivity index (χ4v) is 2.00. The molecular formula is C16H26N2O. The molecule has 1 aliphatic heterocycles. The van der Waals surface area contributed by atoms with Crippen LogP contribution >= 0.6 is 0 Å². The molecule has 2 rings (SSSR count). The second kappa shape index (κ2) is 9.73. The number of benzene rings is 1. The van der Waals surface area contributed by atoms with Gasteiger partial charge in [-0.1, -0.05) is 50.3 Å². The lowest BCUT2D eigenvalue weighted by molar-refractivity contribution is -0.00284. The Bertz CT molecular complexity index is 332. The molecular weight excluding hydrogens is 236 g/mol. The molecule has 106 valence electrons. The molecule has 2 atom stereocenters. The standard InChI is InChI=1S/C14H20N2O.C2H6/c1-2-13-8-9-14(10-15-13)16-17-11-12-6-4-3-5-7-12;1-2/h2-7,13-16H,1,8-11H2;1-2H3/t13-,14?;/m1./s1. The molecule has 0 radical (unpaired) electrons. The third kappa shape index (κ3) is 6.01. The predicted octanol–water partition coefficient (Wildman–Crippen LogP) is 3.04. The van der Waals surface area contributed by atoms with Gasteiger partial charge in [-0.25, -0.2) is 0 Å². The summed E-state index contributed by atoms with van der Waals surface area (Å²) in [6.45, 7) is 9.35. The number of piperidine rings is 1. The Morgan fingerprint density at radius 1 is 1.32 bits per heavy atom. The number of nitrogens with one attached hydrogen (secondary N) is 2. The maximum absolute atomic E-state index is 5.51. The highest BCUT2D eigenvalue weighted by atomic mass is 16.6. The minimum Gasteiger partial charge on any atom is -0.309 e. The summed E-state index contributed by atoms with van der Waals surface area (Å²) >= 11 is 0. The quantitative estimate of drug-likeness (QED) is 0.632. The van der Waals surface area contributed by atoms with Gasteiger partial charge < -0.3 is 5.32 Å². The van der Waals surface area contributed by atoms with E-state index in [9.17, 15) is 0 Å². The van der Waals surface area contributed by atoms with Gasteiger partial charge in [0.15, 0.2) is 0 Å². The van der Waals surface area contributed by atoms with E-state index in [4.69, 9.17) is 4.84 Å². The van der Waals surface area contributed by atoms with Gasteiger partial charge in [-0.2, -0.15) is 5.48 Å². The van der Waals surface area contributed by atoms with Crippen LogP contribution in [0.4, 0.5) is 0 Å². The SMILES string of the molecule is C=C[C@@H]1CCC(NOCc2ccccc2)CN1.CC. The molecule has 1 aromatic rings. The minimum atomic E-state index is 0.398. The fourth-order valence-electron chi connectivity index (χ4n) is 2.00. The molecule has 3 nitrogen and oxygen atoms in total. The molecule has 1 heterocycles. The molecule has 1 unspecified atom stereocenters. The Morgan fingerprint density at radius 2 is 2.05 bits per heavy atom. The van der Waals surface area contributed by atoms with Crippen LogP contribution in [0.2, 0.25) is 0 Å². The van der Waals surface area contributed by atoms with Crippen LogP contribution in [-0.2, 0) is 11.4 Å². The van der Waals surface area contributed by atoms with Crippen LogP contribution in [0.5, 0.6) is 0 Å². The maximum Gasteiger partial charge on any atom is 0.0933 e. The molecule has 0 saturated carbocycles. The van der Waals surface area contributed by atoms with E-state index in [0.29, 0.717) is 18.7 Å². The van der Waals surface area contributed by atoms with E-state index in [-0.39, 0.29) is 0 Å². The normalized spacial score (nSPS) is 22.2. The molecule has 3 heteroatoms. The van der Waals surface area contributed by atoms with Crippen molar-refractivity contribution >= 4 is 0 Å². The van der Waals surface area contributed by atoms with Crippen LogP contribution in [0.15, 0.2) is 43.0 Å². The zero-order valence-electron chi connectivity index (χ0n) is 12.1. The highest BCUT2D eigenvalue weighted by Gasteiger charge is 2.17. The predicted molar refractivity (Wildman–Crippen MR) is 80.7 cm³/mol. The Balaban J connectivity index is 0.000000861. The zero-order valence-corrected chi connectivity index (χ0v) is 12.1.